The van der Waals surface area contributed by atoms with Gasteiger partial charge in [-0.2, -0.15) is 5.26 Å². The maximum absolute atomic E-state index is 11.9. The summed E-state index contributed by atoms with van der Waals surface area (Å²) in [5.41, 5.74) is 0.992. The van der Waals surface area contributed by atoms with Crippen LogP contribution in [0.25, 0.3) is 16.5 Å². The van der Waals surface area contributed by atoms with Crippen molar-refractivity contribution in [2.75, 3.05) is 13.6 Å². The van der Waals surface area contributed by atoms with Crippen molar-refractivity contribution < 1.29 is 4.79 Å². The fraction of sp³-hybridized carbons (Fsp3) is 0.176. The Hall–Kier alpha value is -2.09. The van der Waals surface area contributed by atoms with Crippen molar-refractivity contribution in [1.82, 2.24) is 4.90 Å². The Morgan fingerprint density at radius 2 is 2.14 bits per heavy atom. The van der Waals surface area contributed by atoms with Crippen molar-refractivity contribution in [3.05, 3.63) is 52.4 Å². The minimum atomic E-state index is -0.108. The van der Waals surface area contributed by atoms with Crippen molar-refractivity contribution >= 4 is 34.9 Å². The molecule has 1 amide bonds. The normalized spacial score (nSPS) is 10.6. The minimum Gasteiger partial charge on any atom is -0.341 e. The maximum Gasteiger partial charge on any atom is 0.246 e. The molecule has 0 saturated carbocycles. The summed E-state index contributed by atoms with van der Waals surface area (Å²) in [4.78, 5) is 15.4. The Labute approximate surface area is 139 Å². The van der Waals surface area contributed by atoms with E-state index in [0.29, 0.717) is 18.0 Å². The summed E-state index contributed by atoms with van der Waals surface area (Å²) in [6.45, 7) is 0.439. The van der Waals surface area contributed by atoms with Gasteiger partial charge in [0.2, 0.25) is 5.91 Å². The zero-order valence-corrected chi connectivity index (χ0v) is 13.7. The lowest BCUT2D eigenvalue weighted by Gasteiger charge is -2.11. The Bertz CT molecular complexity index is 730. The van der Waals surface area contributed by atoms with Gasteiger partial charge in [-0.25, -0.2) is 0 Å². The van der Waals surface area contributed by atoms with E-state index < -0.39 is 0 Å². The first-order valence-corrected chi connectivity index (χ1v) is 7.96. The van der Waals surface area contributed by atoms with E-state index in [0.717, 1.165) is 15.3 Å². The van der Waals surface area contributed by atoms with Gasteiger partial charge in [-0.3, -0.25) is 4.79 Å². The monoisotopic (exact) mass is 330 g/mol. The van der Waals surface area contributed by atoms with E-state index in [4.69, 9.17) is 16.9 Å². The molecule has 0 atom stereocenters. The van der Waals surface area contributed by atoms with Crippen LogP contribution in [0.3, 0.4) is 0 Å². The van der Waals surface area contributed by atoms with Crippen molar-refractivity contribution in [1.29, 1.82) is 5.26 Å². The third kappa shape index (κ3) is 4.20. The third-order valence-corrected chi connectivity index (χ3v) is 4.50. The molecule has 1 heterocycles. The lowest BCUT2D eigenvalue weighted by Crippen LogP contribution is -2.25. The van der Waals surface area contributed by atoms with Gasteiger partial charge in [0.15, 0.2) is 0 Å². The van der Waals surface area contributed by atoms with Crippen LogP contribution in [-0.4, -0.2) is 24.4 Å². The average Bonchev–Trinajstić information content (AvgIpc) is 2.99. The first-order chi connectivity index (χ1) is 10.6. The number of thiophene rings is 1. The number of carbonyl (C=O) groups is 1. The highest BCUT2D eigenvalue weighted by Crippen LogP contribution is 2.33. The number of nitriles is 1. The maximum atomic E-state index is 11.9. The molecule has 2 rings (SSSR count). The van der Waals surface area contributed by atoms with E-state index >= 15 is 0 Å². The van der Waals surface area contributed by atoms with Gasteiger partial charge in [0.05, 0.1) is 12.5 Å². The van der Waals surface area contributed by atoms with Gasteiger partial charge >= 0.3 is 0 Å². The summed E-state index contributed by atoms with van der Waals surface area (Å²) >= 11 is 7.76. The van der Waals surface area contributed by atoms with Crippen LogP contribution < -0.4 is 0 Å². The first kappa shape index (κ1) is 16.3. The minimum absolute atomic E-state index is 0.108. The molecule has 112 valence electrons. The Morgan fingerprint density at radius 3 is 2.86 bits per heavy atom. The Balaban J connectivity index is 2.06. The van der Waals surface area contributed by atoms with Crippen LogP contribution in [0.2, 0.25) is 5.02 Å². The van der Waals surface area contributed by atoms with Crippen LogP contribution in [0.15, 0.2) is 42.5 Å². The van der Waals surface area contributed by atoms with E-state index in [-0.39, 0.29) is 5.91 Å². The fourth-order valence-corrected chi connectivity index (χ4v) is 3.10. The second-order valence-corrected chi connectivity index (χ2v) is 6.21. The highest BCUT2D eigenvalue weighted by molar-refractivity contribution is 7.16. The molecule has 2 aromatic rings. The van der Waals surface area contributed by atoms with Crippen molar-refractivity contribution in [2.24, 2.45) is 0 Å². The molecule has 0 aliphatic heterocycles. The molecular weight excluding hydrogens is 316 g/mol. The zero-order chi connectivity index (χ0) is 15.9. The van der Waals surface area contributed by atoms with E-state index in [1.165, 1.54) is 11.0 Å². The van der Waals surface area contributed by atoms with E-state index in [1.54, 1.807) is 24.5 Å². The third-order valence-electron chi connectivity index (χ3n) is 3.09. The molecule has 22 heavy (non-hydrogen) atoms. The second-order valence-electron chi connectivity index (χ2n) is 4.68. The number of carbonyl (C=O) groups excluding carboxylic acids is 1. The highest BCUT2D eigenvalue weighted by atomic mass is 35.5. The van der Waals surface area contributed by atoms with Gasteiger partial charge in [-0.05, 0) is 24.3 Å². The van der Waals surface area contributed by atoms with E-state index in [9.17, 15) is 4.79 Å². The molecule has 1 aromatic heterocycles. The van der Waals surface area contributed by atoms with Crippen LogP contribution in [0.4, 0.5) is 0 Å². The molecule has 0 aliphatic rings. The summed E-state index contributed by atoms with van der Waals surface area (Å²) in [5, 5.41) is 9.24. The van der Waals surface area contributed by atoms with E-state index in [1.807, 2.05) is 42.5 Å². The van der Waals surface area contributed by atoms with Crippen molar-refractivity contribution in [2.45, 2.75) is 6.42 Å². The van der Waals surface area contributed by atoms with Gasteiger partial charge in [0.1, 0.15) is 0 Å². The van der Waals surface area contributed by atoms with Gasteiger partial charge in [0, 0.05) is 40.0 Å². The lowest BCUT2D eigenvalue weighted by atomic mass is 10.2. The molecule has 0 radical (unpaired) electrons. The number of nitrogens with zero attached hydrogens (tertiary/aromatic N) is 2. The number of rotatable bonds is 5. The number of halogens is 1. The molecule has 0 unspecified atom stereocenters. The number of likely N-dealkylation sites (N-methyl/N-ethyl adjacent to an activating group) is 1. The quantitative estimate of drug-likeness (QED) is 0.760. The molecule has 0 fully saturated rings. The molecule has 0 N–H and O–H groups in total. The van der Waals surface area contributed by atoms with Crippen LogP contribution in [-0.2, 0) is 4.79 Å². The van der Waals surface area contributed by atoms with Gasteiger partial charge in [-0.15, -0.1) is 11.3 Å². The topological polar surface area (TPSA) is 44.1 Å². The number of benzene rings is 1. The summed E-state index contributed by atoms with van der Waals surface area (Å²) in [7, 11) is 1.69. The molecule has 0 spiro atoms. The molecule has 0 aliphatic carbocycles. The second kappa shape index (κ2) is 7.79. The summed E-state index contributed by atoms with van der Waals surface area (Å²) < 4.78 is 0. The van der Waals surface area contributed by atoms with E-state index in [2.05, 4.69) is 0 Å². The Kier molecular flexibility index (Phi) is 5.76. The molecule has 0 bridgehead atoms. The van der Waals surface area contributed by atoms with Crippen molar-refractivity contribution in [3.8, 4) is 16.5 Å². The zero-order valence-electron chi connectivity index (χ0n) is 12.1. The molecular formula is C17H15ClN2OS. The van der Waals surface area contributed by atoms with Gasteiger partial charge < -0.3 is 4.90 Å². The number of amides is 1. The predicted octanol–water partition coefficient (Wildman–Crippen LogP) is 4.45. The average molecular weight is 331 g/mol. The Morgan fingerprint density at radius 1 is 1.36 bits per heavy atom. The lowest BCUT2D eigenvalue weighted by molar-refractivity contribution is -0.124. The predicted molar refractivity (Wildman–Crippen MR) is 91.7 cm³/mol. The molecule has 0 saturated heterocycles. The number of hydrogen-bond donors (Lipinski definition) is 0. The SMILES string of the molecule is CN(CCC#N)C(=O)/C=C/c1ccc(-c2ccccc2Cl)s1. The smallest absolute Gasteiger partial charge is 0.246 e. The van der Waals surface area contributed by atoms with Crippen LogP contribution >= 0.6 is 22.9 Å². The van der Waals surface area contributed by atoms with Gasteiger partial charge in [0.25, 0.3) is 0 Å². The molecule has 1 aromatic carbocycles. The summed E-state index contributed by atoms with van der Waals surface area (Å²) in [6.07, 6.45) is 3.65. The van der Waals surface area contributed by atoms with Crippen LogP contribution in [0, 0.1) is 11.3 Å². The van der Waals surface area contributed by atoms with Crippen LogP contribution in [0.5, 0.6) is 0 Å². The van der Waals surface area contributed by atoms with Crippen LogP contribution in [0.1, 0.15) is 11.3 Å². The fourth-order valence-electron chi connectivity index (χ4n) is 1.86. The standard InChI is InChI=1S/C17H15ClN2OS/c1-20(12-4-11-19)17(21)10-8-13-7-9-16(22-13)14-5-2-3-6-15(14)18/h2-3,5-10H,4,12H2,1H3/b10-8+. The molecule has 5 heteroatoms. The summed E-state index contributed by atoms with van der Waals surface area (Å²) in [6, 6.07) is 13.7. The molecule has 3 nitrogen and oxygen atoms in total. The van der Waals surface area contributed by atoms with Crippen molar-refractivity contribution in [3.63, 3.8) is 0 Å². The first-order valence-electron chi connectivity index (χ1n) is 6.76. The largest absolute Gasteiger partial charge is 0.341 e. The highest BCUT2D eigenvalue weighted by Gasteiger charge is 2.06. The summed E-state index contributed by atoms with van der Waals surface area (Å²) in [5.74, 6) is -0.108. The van der Waals surface area contributed by atoms with Gasteiger partial charge in [-0.1, -0.05) is 29.8 Å². The number of hydrogen-bond acceptors (Lipinski definition) is 3.